The molecule has 3 rings (SSSR count). The molecule has 1 saturated heterocycles. The number of ether oxygens (including phenoxy) is 2. The molecule has 1 aliphatic heterocycles. The van der Waals surface area contributed by atoms with Crippen molar-refractivity contribution in [3.8, 4) is 5.75 Å². The number of alkyl halides is 3. The molecule has 2 aromatic carbocycles. The Bertz CT molecular complexity index is 732. The lowest BCUT2D eigenvalue weighted by molar-refractivity contribution is -0.274. The molecule has 26 heavy (non-hydrogen) atoms. The van der Waals surface area contributed by atoms with Crippen molar-refractivity contribution >= 4 is 5.97 Å². The van der Waals surface area contributed by atoms with E-state index in [1.54, 1.807) is 0 Å². The van der Waals surface area contributed by atoms with Gasteiger partial charge in [0.25, 0.3) is 0 Å². The molecule has 0 aromatic heterocycles. The zero-order valence-corrected chi connectivity index (χ0v) is 13.8. The van der Waals surface area contributed by atoms with Gasteiger partial charge in [-0.1, -0.05) is 30.3 Å². The first kappa shape index (κ1) is 18.3. The SMILES string of the molecule is O=C(O[C@H]1CNCC[C@@H]1c1ccccc1)c1ccc(OC(F)(F)F)cc1. The first-order valence-electron chi connectivity index (χ1n) is 8.25. The van der Waals surface area contributed by atoms with Crippen molar-refractivity contribution < 1.29 is 27.4 Å². The summed E-state index contributed by atoms with van der Waals surface area (Å²) in [5, 5.41) is 3.20. The summed E-state index contributed by atoms with van der Waals surface area (Å²) in [7, 11) is 0. The van der Waals surface area contributed by atoms with Crippen LogP contribution >= 0.6 is 0 Å². The van der Waals surface area contributed by atoms with Gasteiger partial charge in [0.15, 0.2) is 0 Å². The highest BCUT2D eigenvalue weighted by atomic mass is 19.4. The molecule has 4 nitrogen and oxygen atoms in total. The highest BCUT2D eigenvalue weighted by molar-refractivity contribution is 5.89. The van der Waals surface area contributed by atoms with Crippen LogP contribution in [0.2, 0.25) is 0 Å². The Morgan fingerprint density at radius 1 is 1.04 bits per heavy atom. The average Bonchev–Trinajstić information content (AvgIpc) is 2.62. The van der Waals surface area contributed by atoms with Gasteiger partial charge in [-0.2, -0.15) is 0 Å². The molecule has 2 aromatic rings. The number of esters is 1. The minimum Gasteiger partial charge on any atom is -0.457 e. The summed E-state index contributed by atoms with van der Waals surface area (Å²) in [6.45, 7) is 1.36. The summed E-state index contributed by atoms with van der Waals surface area (Å²) in [5.74, 6) is -0.872. The maximum absolute atomic E-state index is 12.4. The first-order valence-corrected chi connectivity index (χ1v) is 8.25. The minimum absolute atomic E-state index is 0.0780. The molecule has 0 unspecified atom stereocenters. The third-order valence-corrected chi connectivity index (χ3v) is 4.24. The molecule has 138 valence electrons. The minimum atomic E-state index is -4.77. The van der Waals surface area contributed by atoms with E-state index >= 15 is 0 Å². The van der Waals surface area contributed by atoms with Crippen LogP contribution in [0.1, 0.15) is 28.3 Å². The second-order valence-corrected chi connectivity index (χ2v) is 6.03. The van der Waals surface area contributed by atoms with Crippen LogP contribution in [0.4, 0.5) is 13.2 Å². The van der Waals surface area contributed by atoms with Gasteiger partial charge >= 0.3 is 12.3 Å². The van der Waals surface area contributed by atoms with Gasteiger partial charge in [0, 0.05) is 12.5 Å². The number of benzene rings is 2. The van der Waals surface area contributed by atoms with Crippen LogP contribution in [0.25, 0.3) is 0 Å². The Morgan fingerprint density at radius 2 is 1.73 bits per heavy atom. The highest BCUT2D eigenvalue weighted by Gasteiger charge is 2.32. The normalized spacial score (nSPS) is 20.4. The van der Waals surface area contributed by atoms with Gasteiger partial charge in [-0.15, -0.1) is 13.2 Å². The fraction of sp³-hybridized carbons (Fsp3) is 0.316. The second kappa shape index (κ2) is 7.78. The van der Waals surface area contributed by atoms with Crippen molar-refractivity contribution in [2.24, 2.45) is 0 Å². The number of halogens is 3. The van der Waals surface area contributed by atoms with E-state index in [-0.39, 0.29) is 23.3 Å². The van der Waals surface area contributed by atoms with Gasteiger partial charge in [-0.25, -0.2) is 4.79 Å². The largest absolute Gasteiger partial charge is 0.573 e. The van der Waals surface area contributed by atoms with Crippen LogP contribution in [0.5, 0.6) is 5.75 Å². The summed E-state index contributed by atoms with van der Waals surface area (Å²) in [5.41, 5.74) is 1.28. The fourth-order valence-electron chi connectivity index (χ4n) is 3.03. The third-order valence-electron chi connectivity index (χ3n) is 4.24. The Morgan fingerprint density at radius 3 is 2.38 bits per heavy atom. The van der Waals surface area contributed by atoms with E-state index in [1.807, 2.05) is 30.3 Å². The molecular weight excluding hydrogens is 347 g/mol. The summed E-state index contributed by atoms with van der Waals surface area (Å²) < 4.78 is 46.0. The molecule has 1 heterocycles. The van der Waals surface area contributed by atoms with E-state index < -0.39 is 12.3 Å². The molecule has 0 saturated carbocycles. The number of carbonyl (C=O) groups excluding carboxylic acids is 1. The van der Waals surface area contributed by atoms with Crippen molar-refractivity contribution in [1.29, 1.82) is 0 Å². The second-order valence-electron chi connectivity index (χ2n) is 6.03. The van der Waals surface area contributed by atoms with Crippen molar-refractivity contribution in [2.45, 2.75) is 24.8 Å². The smallest absolute Gasteiger partial charge is 0.457 e. The zero-order valence-electron chi connectivity index (χ0n) is 13.8. The van der Waals surface area contributed by atoms with Gasteiger partial charge in [-0.3, -0.25) is 0 Å². The molecule has 0 bridgehead atoms. The molecule has 1 N–H and O–H groups in total. The molecule has 0 radical (unpaired) electrons. The topological polar surface area (TPSA) is 47.6 Å². The van der Waals surface area contributed by atoms with E-state index in [4.69, 9.17) is 4.74 Å². The van der Waals surface area contributed by atoms with E-state index in [0.29, 0.717) is 6.54 Å². The lowest BCUT2D eigenvalue weighted by atomic mass is 9.88. The Labute approximate surface area is 148 Å². The standard InChI is InChI=1S/C19H18F3NO3/c20-19(21,22)26-15-8-6-14(7-9-15)18(24)25-17-12-23-11-10-16(17)13-4-2-1-3-5-13/h1-9,16-17,23H,10-12H2/t16-,17+/m1/s1. The predicted molar refractivity (Wildman–Crippen MR) is 89.0 cm³/mol. The molecule has 0 amide bonds. The molecule has 0 aliphatic carbocycles. The Balaban J connectivity index is 1.68. The average molecular weight is 365 g/mol. The summed E-state index contributed by atoms with van der Waals surface area (Å²) in [6, 6.07) is 14.5. The van der Waals surface area contributed by atoms with E-state index in [0.717, 1.165) is 30.7 Å². The van der Waals surface area contributed by atoms with Crippen molar-refractivity contribution in [2.75, 3.05) is 13.1 Å². The zero-order chi connectivity index (χ0) is 18.6. The Hall–Kier alpha value is -2.54. The lowest BCUT2D eigenvalue weighted by Gasteiger charge is -2.32. The molecule has 1 aliphatic rings. The maximum Gasteiger partial charge on any atom is 0.573 e. The number of hydrogen-bond donors (Lipinski definition) is 1. The number of carbonyl (C=O) groups is 1. The van der Waals surface area contributed by atoms with Gasteiger partial charge in [-0.05, 0) is 42.8 Å². The summed E-state index contributed by atoms with van der Waals surface area (Å²) >= 11 is 0. The van der Waals surface area contributed by atoms with Crippen LogP contribution in [0.3, 0.4) is 0 Å². The quantitative estimate of drug-likeness (QED) is 0.836. The number of nitrogens with one attached hydrogen (secondary N) is 1. The van der Waals surface area contributed by atoms with E-state index in [1.165, 1.54) is 12.1 Å². The van der Waals surface area contributed by atoms with E-state index in [9.17, 15) is 18.0 Å². The molecule has 2 atom stereocenters. The van der Waals surface area contributed by atoms with Crippen molar-refractivity contribution in [3.63, 3.8) is 0 Å². The van der Waals surface area contributed by atoms with Crippen LogP contribution in [-0.4, -0.2) is 31.5 Å². The van der Waals surface area contributed by atoms with Gasteiger partial charge in [0.05, 0.1) is 5.56 Å². The van der Waals surface area contributed by atoms with Crippen LogP contribution in [-0.2, 0) is 4.74 Å². The molecule has 7 heteroatoms. The number of hydrogen-bond acceptors (Lipinski definition) is 4. The fourth-order valence-corrected chi connectivity index (χ4v) is 3.03. The van der Waals surface area contributed by atoms with Gasteiger partial charge in [0.1, 0.15) is 11.9 Å². The highest BCUT2D eigenvalue weighted by Crippen LogP contribution is 2.28. The van der Waals surface area contributed by atoms with Crippen LogP contribution in [0, 0.1) is 0 Å². The maximum atomic E-state index is 12.4. The molecule has 1 fully saturated rings. The Kier molecular flexibility index (Phi) is 5.46. The third kappa shape index (κ3) is 4.76. The first-order chi connectivity index (χ1) is 12.4. The van der Waals surface area contributed by atoms with E-state index in [2.05, 4.69) is 10.1 Å². The predicted octanol–water partition coefficient (Wildman–Crippen LogP) is 3.89. The van der Waals surface area contributed by atoms with Crippen LogP contribution < -0.4 is 10.1 Å². The van der Waals surface area contributed by atoms with Gasteiger partial charge in [0.2, 0.25) is 0 Å². The molecular formula is C19H18F3NO3. The summed E-state index contributed by atoms with van der Waals surface area (Å²) in [6.07, 6.45) is -4.27. The lowest BCUT2D eigenvalue weighted by Crippen LogP contribution is -2.42. The number of rotatable bonds is 4. The monoisotopic (exact) mass is 365 g/mol. The van der Waals surface area contributed by atoms with Crippen molar-refractivity contribution in [3.05, 3.63) is 65.7 Å². The van der Waals surface area contributed by atoms with Crippen LogP contribution in [0.15, 0.2) is 54.6 Å². The summed E-state index contributed by atoms with van der Waals surface area (Å²) in [4.78, 5) is 12.4. The number of piperidine rings is 1. The van der Waals surface area contributed by atoms with Crippen molar-refractivity contribution in [1.82, 2.24) is 5.32 Å². The van der Waals surface area contributed by atoms with Gasteiger partial charge < -0.3 is 14.8 Å². The molecule has 0 spiro atoms.